The molecular weight excluding hydrogens is 313 g/mol. The second-order valence-corrected chi connectivity index (χ2v) is 6.00. The van der Waals surface area contributed by atoms with Crippen molar-refractivity contribution >= 4 is 5.91 Å². The van der Waals surface area contributed by atoms with E-state index in [1.54, 1.807) is 6.07 Å². The molecule has 6 nitrogen and oxygen atoms in total. The molecule has 1 aromatic carbocycles. The molecule has 1 amide bonds. The first kappa shape index (κ1) is 16.3. The summed E-state index contributed by atoms with van der Waals surface area (Å²) >= 11 is 0. The standard InChI is InChI=1S/C17H18FN3O3/c1-11-8-9-20(10-15(11)22)17(24)13-6-7-16(23)21(19-13)14-5-3-2-4-12(14)18/h2-7,11,15,22H,8-10H2,1H3. The van der Waals surface area contributed by atoms with Gasteiger partial charge in [0.1, 0.15) is 17.2 Å². The van der Waals surface area contributed by atoms with Crippen LogP contribution in [0.1, 0.15) is 23.8 Å². The number of nitrogens with zero attached hydrogens (tertiary/aromatic N) is 3. The fraction of sp³-hybridized carbons (Fsp3) is 0.353. The summed E-state index contributed by atoms with van der Waals surface area (Å²) in [5, 5.41) is 14.0. The summed E-state index contributed by atoms with van der Waals surface area (Å²) in [5.41, 5.74) is -0.493. The Kier molecular flexibility index (Phi) is 4.44. The van der Waals surface area contributed by atoms with Crippen LogP contribution in [0.15, 0.2) is 41.2 Å². The van der Waals surface area contributed by atoms with Crippen LogP contribution in [0, 0.1) is 11.7 Å². The van der Waals surface area contributed by atoms with Gasteiger partial charge in [0.15, 0.2) is 0 Å². The van der Waals surface area contributed by atoms with E-state index in [1.165, 1.54) is 35.2 Å². The molecule has 0 spiro atoms. The maximum Gasteiger partial charge on any atom is 0.274 e. The van der Waals surface area contributed by atoms with E-state index in [2.05, 4.69) is 5.10 Å². The van der Waals surface area contributed by atoms with Crippen molar-refractivity contribution in [2.75, 3.05) is 13.1 Å². The van der Waals surface area contributed by atoms with Crippen LogP contribution in [0.5, 0.6) is 0 Å². The molecule has 0 radical (unpaired) electrons. The fourth-order valence-corrected chi connectivity index (χ4v) is 2.72. The van der Waals surface area contributed by atoms with Crippen molar-refractivity contribution in [3.05, 3.63) is 58.3 Å². The highest BCUT2D eigenvalue weighted by Gasteiger charge is 2.28. The molecule has 1 N–H and O–H groups in total. The molecule has 2 heterocycles. The molecule has 0 aliphatic carbocycles. The lowest BCUT2D eigenvalue weighted by molar-refractivity contribution is 0.0244. The first-order chi connectivity index (χ1) is 11.5. The lowest BCUT2D eigenvalue weighted by atomic mass is 9.96. The minimum Gasteiger partial charge on any atom is -0.391 e. The predicted octanol–water partition coefficient (Wildman–Crippen LogP) is 1.21. The van der Waals surface area contributed by atoms with Crippen molar-refractivity contribution in [1.29, 1.82) is 0 Å². The Hall–Kier alpha value is -2.54. The summed E-state index contributed by atoms with van der Waals surface area (Å²) in [5.74, 6) is -0.848. The third-order valence-corrected chi connectivity index (χ3v) is 4.31. The second-order valence-electron chi connectivity index (χ2n) is 6.00. The predicted molar refractivity (Wildman–Crippen MR) is 85.5 cm³/mol. The highest BCUT2D eigenvalue weighted by Crippen LogP contribution is 2.18. The first-order valence-corrected chi connectivity index (χ1v) is 7.80. The number of carbonyl (C=O) groups excluding carboxylic acids is 1. The molecule has 1 fully saturated rings. The van der Waals surface area contributed by atoms with Crippen molar-refractivity contribution in [2.45, 2.75) is 19.4 Å². The highest BCUT2D eigenvalue weighted by molar-refractivity contribution is 5.92. The number of aromatic nitrogens is 2. The van der Waals surface area contributed by atoms with Crippen LogP contribution in [0.2, 0.25) is 0 Å². The molecule has 2 unspecified atom stereocenters. The molecule has 7 heteroatoms. The number of hydrogen-bond acceptors (Lipinski definition) is 4. The SMILES string of the molecule is CC1CCN(C(=O)c2ccc(=O)n(-c3ccccc3F)n2)CC1O. The van der Waals surface area contributed by atoms with Crippen molar-refractivity contribution in [3.8, 4) is 5.69 Å². The summed E-state index contributed by atoms with van der Waals surface area (Å²) in [6.07, 6.45) is 0.111. The van der Waals surface area contributed by atoms with Gasteiger partial charge in [-0.2, -0.15) is 9.78 Å². The average Bonchev–Trinajstić information content (AvgIpc) is 2.58. The zero-order chi connectivity index (χ0) is 17.3. The molecule has 1 aliphatic rings. The van der Waals surface area contributed by atoms with Gasteiger partial charge < -0.3 is 10.0 Å². The topological polar surface area (TPSA) is 75.4 Å². The normalized spacial score (nSPS) is 20.9. The Morgan fingerprint density at radius 1 is 1.29 bits per heavy atom. The monoisotopic (exact) mass is 331 g/mol. The highest BCUT2D eigenvalue weighted by atomic mass is 19.1. The Labute approximate surface area is 138 Å². The zero-order valence-electron chi connectivity index (χ0n) is 13.2. The van der Waals surface area contributed by atoms with Crippen LogP contribution < -0.4 is 5.56 Å². The van der Waals surface area contributed by atoms with E-state index in [0.717, 1.165) is 4.68 Å². The Bertz CT molecular complexity index is 821. The van der Waals surface area contributed by atoms with Gasteiger partial charge in [-0.15, -0.1) is 0 Å². The smallest absolute Gasteiger partial charge is 0.274 e. The molecule has 1 aliphatic heterocycles. The minimum absolute atomic E-state index is 0.00977. The van der Waals surface area contributed by atoms with Crippen molar-refractivity contribution in [2.24, 2.45) is 5.92 Å². The molecule has 1 aromatic heterocycles. The van der Waals surface area contributed by atoms with Crippen LogP contribution >= 0.6 is 0 Å². The number of para-hydroxylation sites is 1. The van der Waals surface area contributed by atoms with Gasteiger partial charge in [0.05, 0.1) is 6.10 Å². The van der Waals surface area contributed by atoms with E-state index >= 15 is 0 Å². The number of likely N-dealkylation sites (tertiary alicyclic amines) is 1. The van der Waals surface area contributed by atoms with Crippen LogP contribution in [0.4, 0.5) is 4.39 Å². The molecular formula is C17H18FN3O3. The van der Waals surface area contributed by atoms with E-state index in [4.69, 9.17) is 0 Å². The number of amides is 1. The summed E-state index contributed by atoms with van der Waals surface area (Å²) in [6.45, 7) is 2.67. The molecule has 2 atom stereocenters. The summed E-state index contributed by atoms with van der Waals surface area (Å²) in [7, 11) is 0. The van der Waals surface area contributed by atoms with Crippen molar-refractivity contribution < 1.29 is 14.3 Å². The van der Waals surface area contributed by atoms with E-state index in [-0.39, 0.29) is 29.8 Å². The van der Waals surface area contributed by atoms with Gasteiger partial charge in [-0.25, -0.2) is 4.39 Å². The van der Waals surface area contributed by atoms with Gasteiger partial charge >= 0.3 is 0 Å². The van der Waals surface area contributed by atoms with Crippen LogP contribution in [0.3, 0.4) is 0 Å². The Morgan fingerprint density at radius 3 is 2.75 bits per heavy atom. The number of aliphatic hydroxyl groups is 1. The maximum absolute atomic E-state index is 13.9. The number of halogens is 1. The second kappa shape index (κ2) is 6.52. The zero-order valence-corrected chi connectivity index (χ0v) is 13.2. The molecule has 24 heavy (non-hydrogen) atoms. The maximum atomic E-state index is 13.9. The number of piperidine rings is 1. The number of carbonyl (C=O) groups is 1. The van der Waals surface area contributed by atoms with Crippen molar-refractivity contribution in [3.63, 3.8) is 0 Å². The van der Waals surface area contributed by atoms with E-state index in [9.17, 15) is 19.1 Å². The van der Waals surface area contributed by atoms with Gasteiger partial charge in [0.25, 0.3) is 11.5 Å². The van der Waals surface area contributed by atoms with Gasteiger partial charge in [-0.1, -0.05) is 19.1 Å². The number of benzene rings is 1. The number of hydrogen-bond donors (Lipinski definition) is 1. The van der Waals surface area contributed by atoms with E-state index in [1.807, 2.05) is 6.92 Å². The third-order valence-electron chi connectivity index (χ3n) is 4.31. The summed E-state index contributed by atoms with van der Waals surface area (Å²) in [6, 6.07) is 8.26. The van der Waals surface area contributed by atoms with Crippen LogP contribution in [-0.4, -0.2) is 44.9 Å². The van der Waals surface area contributed by atoms with Crippen molar-refractivity contribution in [1.82, 2.24) is 14.7 Å². The molecule has 0 bridgehead atoms. The quantitative estimate of drug-likeness (QED) is 0.898. The molecule has 126 valence electrons. The summed E-state index contributed by atoms with van der Waals surface area (Å²) in [4.78, 5) is 26.1. The minimum atomic E-state index is -0.598. The van der Waals surface area contributed by atoms with E-state index in [0.29, 0.717) is 13.0 Å². The van der Waals surface area contributed by atoms with Gasteiger partial charge in [-0.3, -0.25) is 9.59 Å². The van der Waals surface area contributed by atoms with Gasteiger partial charge in [0, 0.05) is 19.2 Å². The fourth-order valence-electron chi connectivity index (χ4n) is 2.72. The number of β-amino-alcohol motifs (C(OH)–C–C–N with tert-alkyl or cyclic N) is 1. The van der Waals surface area contributed by atoms with Crippen LogP contribution in [-0.2, 0) is 0 Å². The van der Waals surface area contributed by atoms with Gasteiger partial charge in [-0.05, 0) is 30.5 Å². The molecule has 1 saturated heterocycles. The summed E-state index contributed by atoms with van der Waals surface area (Å²) < 4.78 is 14.8. The lowest BCUT2D eigenvalue weighted by Gasteiger charge is -2.34. The molecule has 2 aromatic rings. The van der Waals surface area contributed by atoms with E-state index < -0.39 is 17.5 Å². The van der Waals surface area contributed by atoms with Gasteiger partial charge in [0.2, 0.25) is 0 Å². The number of rotatable bonds is 2. The number of aliphatic hydroxyl groups excluding tert-OH is 1. The molecule has 0 saturated carbocycles. The lowest BCUT2D eigenvalue weighted by Crippen LogP contribution is -2.46. The largest absolute Gasteiger partial charge is 0.391 e. The molecule has 3 rings (SSSR count). The average molecular weight is 331 g/mol. The first-order valence-electron chi connectivity index (χ1n) is 7.80. The Morgan fingerprint density at radius 2 is 2.04 bits per heavy atom. The van der Waals surface area contributed by atoms with Crippen LogP contribution in [0.25, 0.3) is 5.69 Å². The third kappa shape index (κ3) is 3.07. The Balaban J connectivity index is 1.93.